The van der Waals surface area contributed by atoms with Gasteiger partial charge in [-0.05, 0) is 31.9 Å². The predicted octanol–water partition coefficient (Wildman–Crippen LogP) is 2.31. The van der Waals surface area contributed by atoms with E-state index in [1.54, 1.807) is 0 Å². The van der Waals surface area contributed by atoms with Crippen LogP contribution < -0.4 is 10.6 Å². The van der Waals surface area contributed by atoms with Crippen molar-refractivity contribution in [3.8, 4) is 0 Å². The maximum atomic E-state index is 11.8. The molecule has 4 heteroatoms. The van der Waals surface area contributed by atoms with Crippen molar-refractivity contribution in [2.75, 3.05) is 19.3 Å². The summed E-state index contributed by atoms with van der Waals surface area (Å²) in [4.78, 5) is 11.8. The molecule has 2 rings (SSSR count). The number of amides is 1. The van der Waals surface area contributed by atoms with Gasteiger partial charge in [0, 0.05) is 17.3 Å². The van der Waals surface area contributed by atoms with Gasteiger partial charge in [0.25, 0.3) is 0 Å². The second-order valence-corrected chi connectivity index (χ2v) is 7.02. The van der Waals surface area contributed by atoms with Gasteiger partial charge in [0.1, 0.15) is 0 Å². The Morgan fingerprint density at radius 3 is 2.44 bits per heavy atom. The van der Waals surface area contributed by atoms with Crippen molar-refractivity contribution in [1.29, 1.82) is 0 Å². The molecule has 0 aromatic rings. The molecule has 1 amide bonds. The zero-order valence-electron chi connectivity index (χ0n) is 11.5. The fourth-order valence-corrected chi connectivity index (χ4v) is 3.46. The Hall–Kier alpha value is -0.220. The Bertz CT molecular complexity index is 271. The molecule has 0 heterocycles. The Kier molecular flexibility index (Phi) is 5.37. The highest BCUT2D eigenvalue weighted by Gasteiger charge is 2.41. The summed E-state index contributed by atoms with van der Waals surface area (Å²) in [5.74, 6) is 0.179. The third-order valence-corrected chi connectivity index (χ3v) is 5.61. The predicted molar refractivity (Wildman–Crippen MR) is 78.0 cm³/mol. The average molecular weight is 270 g/mol. The summed E-state index contributed by atoms with van der Waals surface area (Å²) in [6, 6.07) is 0.428. The summed E-state index contributed by atoms with van der Waals surface area (Å²) in [7, 11) is 0. The molecule has 0 unspecified atom stereocenters. The molecule has 2 fully saturated rings. The average Bonchev–Trinajstić information content (AvgIpc) is 3.15. The number of rotatable bonds is 6. The molecule has 3 nitrogen and oxygen atoms in total. The molecule has 2 N–H and O–H groups in total. The Balaban J connectivity index is 1.59. The summed E-state index contributed by atoms with van der Waals surface area (Å²) in [5, 5.41) is 6.49. The lowest BCUT2D eigenvalue weighted by Crippen LogP contribution is -2.41. The molecule has 0 radical (unpaired) electrons. The van der Waals surface area contributed by atoms with E-state index >= 15 is 0 Å². The van der Waals surface area contributed by atoms with Crippen LogP contribution >= 0.6 is 11.8 Å². The molecule has 0 spiro atoms. The number of hydrogen-bond acceptors (Lipinski definition) is 3. The lowest BCUT2D eigenvalue weighted by molar-refractivity contribution is -0.121. The van der Waals surface area contributed by atoms with E-state index in [4.69, 9.17) is 0 Å². The van der Waals surface area contributed by atoms with Crippen molar-refractivity contribution >= 4 is 17.7 Å². The third-order valence-electron chi connectivity index (χ3n) is 4.19. The number of carbonyl (C=O) groups excluding carboxylic acids is 1. The van der Waals surface area contributed by atoms with Crippen LogP contribution in [0.1, 0.15) is 51.4 Å². The van der Waals surface area contributed by atoms with Crippen LogP contribution in [0.3, 0.4) is 0 Å². The molecule has 0 aromatic carbocycles. The minimum absolute atomic E-state index is 0.179. The van der Waals surface area contributed by atoms with E-state index < -0.39 is 0 Å². The first-order valence-electron chi connectivity index (χ1n) is 7.29. The first-order valence-corrected chi connectivity index (χ1v) is 8.52. The van der Waals surface area contributed by atoms with Gasteiger partial charge in [-0.2, -0.15) is 11.8 Å². The minimum atomic E-state index is 0.179. The van der Waals surface area contributed by atoms with E-state index in [1.165, 1.54) is 51.4 Å². The zero-order valence-corrected chi connectivity index (χ0v) is 12.3. The van der Waals surface area contributed by atoms with Gasteiger partial charge in [-0.25, -0.2) is 0 Å². The molecule has 18 heavy (non-hydrogen) atoms. The summed E-state index contributed by atoms with van der Waals surface area (Å²) >= 11 is 1.93. The van der Waals surface area contributed by atoms with Crippen LogP contribution in [-0.4, -0.2) is 36.0 Å². The second kappa shape index (κ2) is 6.80. The number of carbonyl (C=O) groups is 1. The van der Waals surface area contributed by atoms with Crippen molar-refractivity contribution in [3.63, 3.8) is 0 Å². The van der Waals surface area contributed by atoms with E-state index in [1.807, 2.05) is 11.8 Å². The maximum absolute atomic E-state index is 11.8. The molecule has 104 valence electrons. The van der Waals surface area contributed by atoms with Gasteiger partial charge in [-0.15, -0.1) is 0 Å². The van der Waals surface area contributed by atoms with Crippen molar-refractivity contribution in [2.45, 2.75) is 62.2 Å². The van der Waals surface area contributed by atoms with Crippen LogP contribution in [0, 0.1) is 0 Å². The molecule has 0 aliphatic heterocycles. The van der Waals surface area contributed by atoms with E-state index in [9.17, 15) is 4.79 Å². The van der Waals surface area contributed by atoms with Gasteiger partial charge < -0.3 is 10.6 Å². The van der Waals surface area contributed by atoms with Crippen molar-refractivity contribution in [2.24, 2.45) is 0 Å². The number of nitrogens with one attached hydrogen (secondary N) is 2. The van der Waals surface area contributed by atoms with Crippen LogP contribution in [-0.2, 0) is 4.79 Å². The van der Waals surface area contributed by atoms with Crippen LogP contribution in [0.15, 0.2) is 0 Å². The van der Waals surface area contributed by atoms with E-state index in [2.05, 4.69) is 16.9 Å². The van der Waals surface area contributed by atoms with Gasteiger partial charge in [0.05, 0.1) is 6.54 Å². The van der Waals surface area contributed by atoms with Crippen LogP contribution in [0.4, 0.5) is 0 Å². The van der Waals surface area contributed by atoms with Crippen LogP contribution in [0.5, 0.6) is 0 Å². The van der Waals surface area contributed by atoms with Crippen molar-refractivity contribution in [1.82, 2.24) is 10.6 Å². The van der Waals surface area contributed by atoms with Crippen molar-refractivity contribution < 1.29 is 4.79 Å². The lowest BCUT2D eigenvalue weighted by Gasteiger charge is -2.17. The van der Waals surface area contributed by atoms with E-state index in [0.29, 0.717) is 17.3 Å². The van der Waals surface area contributed by atoms with Crippen molar-refractivity contribution in [3.05, 3.63) is 0 Å². The first kappa shape index (κ1) is 14.2. The summed E-state index contributed by atoms with van der Waals surface area (Å²) in [6.07, 6.45) is 12.3. The molecule has 0 atom stereocenters. The zero-order chi connectivity index (χ0) is 12.8. The van der Waals surface area contributed by atoms with E-state index in [0.717, 1.165) is 6.54 Å². The first-order chi connectivity index (χ1) is 8.74. The normalized spacial score (nSPS) is 23.4. The van der Waals surface area contributed by atoms with Crippen LogP contribution in [0.2, 0.25) is 0 Å². The summed E-state index contributed by atoms with van der Waals surface area (Å²) in [6.45, 7) is 1.46. The Morgan fingerprint density at radius 1 is 1.22 bits per heavy atom. The molecular weight excluding hydrogens is 244 g/mol. The van der Waals surface area contributed by atoms with Gasteiger partial charge >= 0.3 is 0 Å². The Morgan fingerprint density at radius 2 is 1.89 bits per heavy atom. The lowest BCUT2D eigenvalue weighted by atomic mass is 10.1. The van der Waals surface area contributed by atoms with Crippen LogP contribution in [0.25, 0.3) is 0 Å². The fourth-order valence-electron chi connectivity index (χ4n) is 2.70. The van der Waals surface area contributed by atoms with Gasteiger partial charge in [-0.1, -0.05) is 25.7 Å². The second-order valence-electron chi connectivity index (χ2n) is 5.75. The molecule has 2 aliphatic rings. The van der Waals surface area contributed by atoms with E-state index in [-0.39, 0.29) is 5.91 Å². The monoisotopic (exact) mass is 270 g/mol. The summed E-state index contributed by atoms with van der Waals surface area (Å²) in [5.41, 5.74) is 0. The summed E-state index contributed by atoms with van der Waals surface area (Å²) < 4.78 is 0.447. The highest BCUT2D eigenvalue weighted by molar-refractivity contribution is 8.00. The third kappa shape index (κ3) is 4.47. The number of thioether (sulfide) groups is 1. The SMILES string of the molecule is CSC1(CNCC(=O)NC2CCCCCC2)CC1. The van der Waals surface area contributed by atoms with Gasteiger partial charge in [0.2, 0.25) is 5.91 Å². The highest BCUT2D eigenvalue weighted by Crippen LogP contribution is 2.46. The van der Waals surface area contributed by atoms with Gasteiger partial charge in [-0.3, -0.25) is 4.79 Å². The molecular formula is C14H26N2OS. The molecule has 0 saturated heterocycles. The maximum Gasteiger partial charge on any atom is 0.234 e. The number of hydrogen-bond donors (Lipinski definition) is 2. The largest absolute Gasteiger partial charge is 0.352 e. The standard InChI is InChI=1S/C14H26N2OS/c1-18-14(8-9-14)11-15-10-13(17)16-12-6-4-2-3-5-7-12/h12,15H,2-11H2,1H3,(H,16,17). The topological polar surface area (TPSA) is 41.1 Å². The molecule has 2 aliphatic carbocycles. The quantitative estimate of drug-likeness (QED) is 0.728. The Labute approximate surface area is 115 Å². The molecule has 0 aromatic heterocycles. The highest BCUT2D eigenvalue weighted by atomic mass is 32.2. The van der Waals surface area contributed by atoms with Gasteiger partial charge in [0.15, 0.2) is 0 Å². The fraction of sp³-hybridized carbons (Fsp3) is 0.929. The molecule has 2 saturated carbocycles. The molecule has 0 bridgehead atoms. The minimum Gasteiger partial charge on any atom is -0.352 e. The smallest absolute Gasteiger partial charge is 0.234 e.